The highest BCUT2D eigenvalue weighted by molar-refractivity contribution is 6.26. The number of hydrogen-bond donors (Lipinski definition) is 1. The fraction of sp³-hybridized carbons (Fsp3) is 0.0746. The molecule has 0 amide bonds. The highest BCUT2D eigenvalue weighted by Gasteiger charge is 2.28. The van der Waals surface area contributed by atoms with Gasteiger partial charge in [-0.2, -0.15) is 0 Å². The molecule has 1 aliphatic rings. The summed E-state index contributed by atoms with van der Waals surface area (Å²) in [5.41, 5.74) is 17.8. The number of amidine groups is 2. The molecule has 10 aromatic carbocycles. The minimum Gasteiger partial charge on any atom is -0.456 e. The van der Waals surface area contributed by atoms with E-state index < -0.39 is 6.17 Å². The summed E-state index contributed by atoms with van der Waals surface area (Å²) < 4.78 is 11.5. The SMILES string of the molecule is CCC(C1=NC(c2ccc(-n3c4ccccc4c4c3ccc3c5ccccc5n(-c5ccccc5)c34)cc2)NC(c2ccc3c(c2)oc2cccc(-c4ccccc4)c23)=N1)c1ccccc1-c1ccccc1C. The van der Waals surface area contributed by atoms with Gasteiger partial charge in [0.1, 0.15) is 29.0 Å². The van der Waals surface area contributed by atoms with Gasteiger partial charge in [0.15, 0.2) is 0 Å². The summed E-state index contributed by atoms with van der Waals surface area (Å²) in [4.78, 5) is 11.0. The van der Waals surface area contributed by atoms with E-state index in [2.05, 4.69) is 259 Å². The second-order valence-electron chi connectivity index (χ2n) is 19.2. The van der Waals surface area contributed by atoms with E-state index in [1.165, 1.54) is 54.8 Å². The van der Waals surface area contributed by atoms with Gasteiger partial charge in [0, 0.05) is 55.2 Å². The predicted molar refractivity (Wildman–Crippen MR) is 304 cm³/mol. The van der Waals surface area contributed by atoms with E-state index >= 15 is 0 Å². The normalized spacial score (nSPS) is 14.3. The molecule has 0 radical (unpaired) electrons. The van der Waals surface area contributed by atoms with Gasteiger partial charge in [0.05, 0.1) is 22.1 Å². The summed E-state index contributed by atoms with van der Waals surface area (Å²) in [6.07, 6.45) is 0.408. The number of aromatic nitrogens is 2. The van der Waals surface area contributed by atoms with E-state index in [0.717, 1.165) is 84.7 Å². The second kappa shape index (κ2) is 17.3. The molecule has 0 fully saturated rings. The molecule has 6 nitrogen and oxygen atoms in total. The van der Waals surface area contributed by atoms with Crippen LogP contribution in [0.2, 0.25) is 0 Å². The number of para-hydroxylation sites is 3. The van der Waals surface area contributed by atoms with Crippen molar-refractivity contribution in [1.29, 1.82) is 0 Å². The summed E-state index contributed by atoms with van der Waals surface area (Å²) >= 11 is 0. The number of nitrogens with zero attached hydrogens (tertiary/aromatic N) is 4. The van der Waals surface area contributed by atoms with Crippen LogP contribution in [0.4, 0.5) is 0 Å². The first-order valence-electron chi connectivity index (χ1n) is 25.3. The average molecular weight is 940 g/mol. The van der Waals surface area contributed by atoms with E-state index in [1.54, 1.807) is 0 Å². The number of aryl methyl sites for hydroxylation is 1. The van der Waals surface area contributed by atoms with Crippen molar-refractivity contribution in [2.75, 3.05) is 0 Å². The molecule has 348 valence electrons. The third-order valence-electron chi connectivity index (χ3n) is 15.1. The molecular formula is C67H49N5O. The van der Waals surface area contributed by atoms with Crippen LogP contribution in [-0.2, 0) is 0 Å². The molecule has 3 aromatic heterocycles. The molecule has 13 aromatic rings. The van der Waals surface area contributed by atoms with Crippen LogP contribution in [0.15, 0.2) is 245 Å². The molecule has 0 saturated carbocycles. The van der Waals surface area contributed by atoms with Gasteiger partial charge in [-0.25, -0.2) is 9.98 Å². The smallest absolute Gasteiger partial charge is 0.147 e. The Morgan fingerprint density at radius 1 is 0.493 bits per heavy atom. The van der Waals surface area contributed by atoms with Crippen LogP contribution < -0.4 is 5.32 Å². The van der Waals surface area contributed by atoms with Crippen LogP contribution in [0.5, 0.6) is 0 Å². The van der Waals surface area contributed by atoms with E-state index in [-0.39, 0.29) is 5.92 Å². The molecule has 2 unspecified atom stereocenters. The molecule has 0 saturated heterocycles. The van der Waals surface area contributed by atoms with Crippen molar-refractivity contribution in [3.8, 4) is 33.6 Å². The van der Waals surface area contributed by atoms with Crippen molar-refractivity contribution < 1.29 is 4.42 Å². The van der Waals surface area contributed by atoms with Crippen molar-refractivity contribution in [1.82, 2.24) is 14.5 Å². The van der Waals surface area contributed by atoms with Gasteiger partial charge in [-0.1, -0.05) is 177 Å². The van der Waals surface area contributed by atoms with Gasteiger partial charge < -0.3 is 18.9 Å². The first-order chi connectivity index (χ1) is 36.1. The lowest BCUT2D eigenvalue weighted by atomic mass is 9.86. The predicted octanol–water partition coefficient (Wildman–Crippen LogP) is 17.1. The molecule has 1 aliphatic heterocycles. The molecule has 0 bridgehead atoms. The van der Waals surface area contributed by atoms with Crippen molar-refractivity contribution >= 4 is 77.2 Å². The Balaban J connectivity index is 0.906. The minimum atomic E-state index is -0.411. The third-order valence-corrected chi connectivity index (χ3v) is 15.1. The van der Waals surface area contributed by atoms with Gasteiger partial charge in [0.25, 0.3) is 0 Å². The molecule has 6 heteroatoms. The Bertz CT molecular complexity index is 4350. The maximum atomic E-state index is 6.66. The number of benzene rings is 10. The highest BCUT2D eigenvalue weighted by atomic mass is 16.3. The highest BCUT2D eigenvalue weighted by Crippen LogP contribution is 2.43. The molecule has 2 atom stereocenters. The summed E-state index contributed by atoms with van der Waals surface area (Å²) in [6.45, 7) is 4.43. The van der Waals surface area contributed by atoms with Crippen LogP contribution in [-0.4, -0.2) is 20.8 Å². The first kappa shape index (κ1) is 42.6. The number of furan rings is 1. The zero-order chi connectivity index (χ0) is 48.6. The summed E-state index contributed by atoms with van der Waals surface area (Å²) in [5, 5.41) is 10.9. The summed E-state index contributed by atoms with van der Waals surface area (Å²) in [7, 11) is 0. The van der Waals surface area contributed by atoms with Crippen molar-refractivity contribution in [2.24, 2.45) is 9.98 Å². The Hall–Kier alpha value is -9.26. The second-order valence-corrected chi connectivity index (χ2v) is 19.2. The number of hydrogen-bond acceptors (Lipinski definition) is 4. The number of aliphatic imine (C=N–C) groups is 2. The lowest BCUT2D eigenvalue weighted by Gasteiger charge is -2.28. The summed E-state index contributed by atoms with van der Waals surface area (Å²) in [5.74, 6) is 1.48. The van der Waals surface area contributed by atoms with Crippen molar-refractivity contribution in [3.63, 3.8) is 0 Å². The van der Waals surface area contributed by atoms with Gasteiger partial charge in [-0.3, -0.25) is 0 Å². The maximum absolute atomic E-state index is 6.66. The maximum Gasteiger partial charge on any atom is 0.147 e. The molecule has 1 N–H and O–H groups in total. The Labute approximate surface area is 422 Å². The van der Waals surface area contributed by atoms with Crippen LogP contribution >= 0.6 is 0 Å². The quantitative estimate of drug-likeness (QED) is 0.157. The number of fused-ring (bicyclic) bond motifs is 10. The van der Waals surface area contributed by atoms with Gasteiger partial charge in [0.2, 0.25) is 0 Å². The van der Waals surface area contributed by atoms with E-state index in [0.29, 0.717) is 0 Å². The third kappa shape index (κ3) is 6.93. The number of nitrogens with one attached hydrogen (secondary N) is 1. The minimum absolute atomic E-state index is 0.0704. The largest absolute Gasteiger partial charge is 0.456 e. The molecule has 73 heavy (non-hydrogen) atoms. The topological polar surface area (TPSA) is 59.8 Å². The molecule has 14 rings (SSSR count). The Kier molecular flexibility index (Phi) is 10.1. The molecule has 0 spiro atoms. The Morgan fingerprint density at radius 2 is 1.15 bits per heavy atom. The number of rotatable bonds is 9. The van der Waals surface area contributed by atoms with E-state index in [4.69, 9.17) is 14.4 Å². The van der Waals surface area contributed by atoms with Gasteiger partial charge >= 0.3 is 0 Å². The zero-order valence-corrected chi connectivity index (χ0v) is 40.5. The zero-order valence-electron chi connectivity index (χ0n) is 40.5. The van der Waals surface area contributed by atoms with Gasteiger partial charge in [-0.15, -0.1) is 0 Å². The van der Waals surface area contributed by atoms with Crippen LogP contribution in [0, 0.1) is 6.92 Å². The Morgan fingerprint density at radius 3 is 1.95 bits per heavy atom. The fourth-order valence-electron chi connectivity index (χ4n) is 11.7. The van der Waals surface area contributed by atoms with E-state index in [9.17, 15) is 0 Å². The van der Waals surface area contributed by atoms with Crippen LogP contribution in [0.3, 0.4) is 0 Å². The lowest BCUT2D eigenvalue weighted by molar-refractivity contribution is 0.658. The average Bonchev–Trinajstić information content (AvgIpc) is 4.12. The molecule has 0 aliphatic carbocycles. The van der Waals surface area contributed by atoms with Crippen molar-refractivity contribution in [2.45, 2.75) is 32.4 Å². The molecule has 4 heterocycles. The van der Waals surface area contributed by atoms with Crippen molar-refractivity contribution in [3.05, 3.63) is 253 Å². The monoisotopic (exact) mass is 939 g/mol. The van der Waals surface area contributed by atoms with Gasteiger partial charge in [-0.05, 0) is 113 Å². The summed E-state index contributed by atoms with van der Waals surface area (Å²) in [6, 6.07) is 82.6. The lowest BCUT2D eigenvalue weighted by Crippen LogP contribution is -2.34. The van der Waals surface area contributed by atoms with E-state index in [1.807, 2.05) is 0 Å². The standard InChI is InChI=1S/C67H49N5O/c1-3-48(51-25-12-13-26-52(51)49-24-11-10-19-42(49)2)67-69-65(68-66(70-67)45-35-38-56-61(41-45)73-60-32-18-29-50(62(56)60)43-20-6-4-7-21-43)44-33-36-47(37-34-44)71-58-31-17-15-28-55(58)63-59(71)40-39-54-53-27-14-16-30-57(53)72(64(54)63)46-22-8-5-9-23-46/h4-41,48,65H,3H2,1-2H3,(H,68,69,70). The van der Waals surface area contributed by atoms with Crippen LogP contribution in [0.25, 0.3) is 99.2 Å². The first-order valence-corrected chi connectivity index (χ1v) is 25.3. The fourth-order valence-corrected chi connectivity index (χ4v) is 11.7. The molecular weight excluding hydrogens is 891 g/mol. The van der Waals surface area contributed by atoms with Crippen LogP contribution in [0.1, 0.15) is 47.7 Å².